The summed E-state index contributed by atoms with van der Waals surface area (Å²) in [6.07, 6.45) is -2.70. The Kier molecular flexibility index (Phi) is 4.82. The minimum Gasteiger partial charge on any atom is -0.465 e. The molecule has 4 unspecified atom stereocenters. The maximum absolute atomic E-state index is 11.1. The molecule has 1 fully saturated rings. The Balaban J connectivity index is 2.96. The van der Waals surface area contributed by atoms with Crippen molar-refractivity contribution < 1.29 is 29.3 Å². The van der Waals surface area contributed by atoms with Crippen LogP contribution in [0.15, 0.2) is 0 Å². The van der Waals surface area contributed by atoms with Gasteiger partial charge in [-0.15, -0.1) is 0 Å². The molecule has 0 saturated heterocycles. The molecule has 0 radical (unpaired) electrons. The van der Waals surface area contributed by atoms with Crippen LogP contribution >= 0.6 is 0 Å². The molecule has 0 aromatic carbocycles. The predicted molar refractivity (Wildman–Crippen MR) is 70.7 cm³/mol. The Labute approximate surface area is 119 Å². The standard InChI is InChI=1S/C14H24O6/c1-8(15)19-7-14(5)6-13(3,4)12(20-9(2)16)10(17)11(14)18/h10-12,17-18H,6-7H2,1-5H3. The van der Waals surface area contributed by atoms with Gasteiger partial charge in [0.05, 0.1) is 12.7 Å². The van der Waals surface area contributed by atoms with Gasteiger partial charge in [-0.05, 0) is 6.42 Å². The van der Waals surface area contributed by atoms with Gasteiger partial charge in [0.25, 0.3) is 0 Å². The van der Waals surface area contributed by atoms with Crippen LogP contribution in [-0.4, -0.2) is 47.1 Å². The van der Waals surface area contributed by atoms with E-state index in [2.05, 4.69) is 0 Å². The van der Waals surface area contributed by atoms with Crippen molar-refractivity contribution in [2.24, 2.45) is 10.8 Å². The van der Waals surface area contributed by atoms with Crippen molar-refractivity contribution in [2.45, 2.75) is 59.4 Å². The van der Waals surface area contributed by atoms with Gasteiger partial charge in [0.15, 0.2) is 0 Å². The number of hydrogen-bond acceptors (Lipinski definition) is 6. The van der Waals surface area contributed by atoms with Gasteiger partial charge in [-0.25, -0.2) is 0 Å². The lowest BCUT2D eigenvalue weighted by Gasteiger charge is -2.51. The number of ether oxygens (including phenoxy) is 2. The van der Waals surface area contributed by atoms with Gasteiger partial charge in [0, 0.05) is 24.7 Å². The van der Waals surface area contributed by atoms with Crippen molar-refractivity contribution in [3.05, 3.63) is 0 Å². The maximum atomic E-state index is 11.1. The zero-order chi connectivity index (χ0) is 15.7. The summed E-state index contributed by atoms with van der Waals surface area (Å²) in [6.45, 7) is 8.01. The van der Waals surface area contributed by atoms with Crippen LogP contribution < -0.4 is 0 Å². The topological polar surface area (TPSA) is 93.1 Å². The SMILES string of the molecule is CC(=O)OCC1(C)CC(C)(C)C(OC(C)=O)C(O)C1O. The van der Waals surface area contributed by atoms with Gasteiger partial charge in [0.2, 0.25) is 0 Å². The Hall–Kier alpha value is -1.14. The number of esters is 2. The minimum absolute atomic E-state index is 0.0107. The first-order chi connectivity index (χ1) is 8.99. The van der Waals surface area contributed by atoms with Crippen molar-refractivity contribution in [3.63, 3.8) is 0 Å². The molecule has 0 amide bonds. The summed E-state index contributed by atoms with van der Waals surface area (Å²) < 4.78 is 10.1. The van der Waals surface area contributed by atoms with Crippen LogP contribution in [0.25, 0.3) is 0 Å². The van der Waals surface area contributed by atoms with E-state index in [1.807, 2.05) is 13.8 Å². The van der Waals surface area contributed by atoms with Crippen LogP contribution in [0.5, 0.6) is 0 Å². The number of rotatable bonds is 3. The molecule has 0 heterocycles. The van der Waals surface area contributed by atoms with Gasteiger partial charge in [0.1, 0.15) is 12.2 Å². The lowest BCUT2D eigenvalue weighted by atomic mass is 9.60. The normalized spacial score (nSPS) is 36.2. The zero-order valence-corrected chi connectivity index (χ0v) is 12.7. The van der Waals surface area contributed by atoms with Crippen molar-refractivity contribution in [1.29, 1.82) is 0 Å². The highest BCUT2D eigenvalue weighted by atomic mass is 16.6. The molecular weight excluding hydrogens is 264 g/mol. The summed E-state index contributed by atoms with van der Waals surface area (Å²) in [6, 6.07) is 0. The molecule has 0 spiro atoms. The van der Waals surface area contributed by atoms with Crippen LogP contribution in [0, 0.1) is 10.8 Å². The second kappa shape index (κ2) is 5.69. The van der Waals surface area contributed by atoms with Crippen LogP contribution in [0.1, 0.15) is 41.0 Å². The van der Waals surface area contributed by atoms with Crippen LogP contribution in [0.3, 0.4) is 0 Å². The van der Waals surface area contributed by atoms with E-state index in [4.69, 9.17) is 9.47 Å². The number of aliphatic hydroxyl groups is 2. The van der Waals surface area contributed by atoms with Crippen LogP contribution in [0.2, 0.25) is 0 Å². The average Bonchev–Trinajstić information content (AvgIpc) is 2.29. The molecular formula is C14H24O6. The van der Waals surface area contributed by atoms with E-state index in [9.17, 15) is 19.8 Å². The molecule has 0 bridgehead atoms. The number of carbonyl (C=O) groups is 2. The van der Waals surface area contributed by atoms with E-state index in [0.717, 1.165) is 0 Å². The largest absolute Gasteiger partial charge is 0.465 e. The first-order valence-electron chi connectivity index (χ1n) is 6.66. The number of hydrogen-bond donors (Lipinski definition) is 2. The molecule has 1 aliphatic rings. The van der Waals surface area contributed by atoms with Gasteiger partial charge in [-0.1, -0.05) is 20.8 Å². The number of aliphatic hydroxyl groups excluding tert-OH is 2. The van der Waals surface area contributed by atoms with Gasteiger partial charge in [-0.2, -0.15) is 0 Å². The highest BCUT2D eigenvalue weighted by Gasteiger charge is 2.55. The fourth-order valence-corrected chi connectivity index (χ4v) is 3.10. The quantitative estimate of drug-likeness (QED) is 0.740. The molecule has 6 nitrogen and oxygen atoms in total. The molecule has 6 heteroatoms. The Morgan fingerprint density at radius 2 is 1.70 bits per heavy atom. The van der Waals surface area contributed by atoms with Crippen LogP contribution in [0.4, 0.5) is 0 Å². The molecule has 4 atom stereocenters. The molecule has 1 aliphatic carbocycles. The lowest BCUT2D eigenvalue weighted by Crippen LogP contribution is -2.61. The summed E-state index contributed by atoms with van der Waals surface area (Å²) >= 11 is 0. The van der Waals surface area contributed by atoms with Crippen molar-refractivity contribution >= 4 is 11.9 Å². The van der Waals surface area contributed by atoms with Crippen molar-refractivity contribution in [3.8, 4) is 0 Å². The summed E-state index contributed by atoms with van der Waals surface area (Å²) in [5.74, 6) is -0.939. The predicted octanol–water partition coefficient (Wildman–Crippen LogP) is 0.639. The third-order valence-electron chi connectivity index (χ3n) is 3.88. The van der Waals surface area contributed by atoms with E-state index < -0.39 is 41.1 Å². The smallest absolute Gasteiger partial charge is 0.303 e. The fourth-order valence-electron chi connectivity index (χ4n) is 3.10. The molecule has 1 saturated carbocycles. The fraction of sp³-hybridized carbons (Fsp3) is 0.857. The summed E-state index contributed by atoms with van der Waals surface area (Å²) in [4.78, 5) is 22.1. The molecule has 20 heavy (non-hydrogen) atoms. The Bertz CT molecular complexity index is 391. The lowest BCUT2D eigenvalue weighted by molar-refractivity contribution is -0.216. The first kappa shape index (κ1) is 16.9. The van der Waals surface area contributed by atoms with Gasteiger partial charge < -0.3 is 19.7 Å². The maximum Gasteiger partial charge on any atom is 0.303 e. The van der Waals surface area contributed by atoms with Gasteiger partial charge >= 0.3 is 11.9 Å². The molecule has 116 valence electrons. The second-order valence-electron chi connectivity index (χ2n) is 6.57. The Morgan fingerprint density at radius 3 is 2.15 bits per heavy atom. The molecule has 0 aromatic rings. The highest BCUT2D eigenvalue weighted by Crippen LogP contribution is 2.47. The summed E-state index contributed by atoms with van der Waals surface area (Å²) in [5.41, 5.74) is -1.33. The highest BCUT2D eigenvalue weighted by molar-refractivity contribution is 5.66. The van der Waals surface area contributed by atoms with E-state index in [1.165, 1.54) is 13.8 Å². The monoisotopic (exact) mass is 288 g/mol. The van der Waals surface area contributed by atoms with Crippen molar-refractivity contribution in [1.82, 2.24) is 0 Å². The molecule has 1 rings (SSSR count). The van der Waals surface area contributed by atoms with E-state index in [-0.39, 0.29) is 6.61 Å². The molecule has 2 N–H and O–H groups in total. The minimum atomic E-state index is -1.22. The van der Waals surface area contributed by atoms with Gasteiger partial charge in [-0.3, -0.25) is 9.59 Å². The van der Waals surface area contributed by atoms with Crippen molar-refractivity contribution in [2.75, 3.05) is 6.61 Å². The van der Waals surface area contributed by atoms with E-state index in [0.29, 0.717) is 6.42 Å². The summed E-state index contributed by atoms with van der Waals surface area (Å²) in [5, 5.41) is 20.5. The second-order valence-corrected chi connectivity index (χ2v) is 6.57. The third kappa shape index (κ3) is 3.49. The third-order valence-corrected chi connectivity index (χ3v) is 3.88. The molecule has 0 aliphatic heterocycles. The zero-order valence-electron chi connectivity index (χ0n) is 12.7. The van der Waals surface area contributed by atoms with E-state index >= 15 is 0 Å². The first-order valence-corrected chi connectivity index (χ1v) is 6.66. The Morgan fingerprint density at radius 1 is 1.15 bits per heavy atom. The van der Waals surface area contributed by atoms with Crippen LogP contribution in [-0.2, 0) is 19.1 Å². The average molecular weight is 288 g/mol. The van der Waals surface area contributed by atoms with E-state index in [1.54, 1.807) is 6.92 Å². The number of carbonyl (C=O) groups excluding carboxylic acids is 2. The molecule has 0 aromatic heterocycles. The summed E-state index contributed by atoms with van der Waals surface area (Å²) in [7, 11) is 0.